The van der Waals surface area contributed by atoms with Crippen molar-refractivity contribution in [3.63, 3.8) is 0 Å². The third-order valence-electron chi connectivity index (χ3n) is 3.95. The van der Waals surface area contributed by atoms with Crippen LogP contribution in [0.3, 0.4) is 0 Å². The topological polar surface area (TPSA) is 20.3 Å². The average Bonchev–Trinajstić information content (AvgIpc) is 2.67. The first-order valence-corrected chi connectivity index (χ1v) is 9.45. The third kappa shape index (κ3) is 3.90. The Bertz CT molecular complexity index is 750. The highest BCUT2D eigenvalue weighted by Gasteiger charge is 2.14. The number of benzene rings is 3. The maximum atomic E-state index is 11.0. The number of carbonyl (C=O) groups is 1. The maximum absolute atomic E-state index is 11.0. The highest BCUT2D eigenvalue weighted by molar-refractivity contribution is 7.72. The SMILES string of the molecule is CN(C=O)c1cccc(CP(c2ccccc2)c2ccccc2)c1. The van der Waals surface area contributed by atoms with Crippen LogP contribution in [0.1, 0.15) is 5.56 Å². The van der Waals surface area contributed by atoms with Crippen molar-refractivity contribution >= 4 is 30.6 Å². The fraction of sp³-hybridized carbons (Fsp3) is 0.0952. The molecule has 0 spiro atoms. The Morgan fingerprint density at radius 3 is 1.96 bits per heavy atom. The molecule has 0 heterocycles. The Kier molecular flexibility index (Phi) is 5.40. The van der Waals surface area contributed by atoms with Crippen LogP contribution in [0.5, 0.6) is 0 Å². The van der Waals surface area contributed by atoms with Gasteiger partial charge in [-0.25, -0.2) is 0 Å². The molecule has 0 unspecified atom stereocenters. The van der Waals surface area contributed by atoms with Crippen molar-refractivity contribution in [2.24, 2.45) is 0 Å². The van der Waals surface area contributed by atoms with E-state index >= 15 is 0 Å². The quantitative estimate of drug-likeness (QED) is 0.495. The van der Waals surface area contributed by atoms with Crippen LogP contribution < -0.4 is 15.5 Å². The molecule has 0 aliphatic rings. The summed E-state index contributed by atoms with van der Waals surface area (Å²) in [6.45, 7) is 0. The van der Waals surface area contributed by atoms with E-state index in [0.717, 1.165) is 18.3 Å². The van der Waals surface area contributed by atoms with E-state index in [-0.39, 0.29) is 0 Å². The summed E-state index contributed by atoms with van der Waals surface area (Å²) in [5, 5.41) is 2.74. The summed E-state index contributed by atoms with van der Waals surface area (Å²) in [4.78, 5) is 12.6. The monoisotopic (exact) mass is 333 g/mol. The number of rotatable bonds is 6. The van der Waals surface area contributed by atoms with Gasteiger partial charge in [-0.1, -0.05) is 72.8 Å². The molecule has 0 aliphatic heterocycles. The number of hydrogen-bond acceptors (Lipinski definition) is 1. The van der Waals surface area contributed by atoms with E-state index in [1.807, 2.05) is 12.1 Å². The van der Waals surface area contributed by atoms with E-state index < -0.39 is 7.92 Å². The van der Waals surface area contributed by atoms with Gasteiger partial charge in [-0.2, -0.15) is 0 Å². The first-order chi connectivity index (χ1) is 11.8. The average molecular weight is 333 g/mol. The molecule has 3 aromatic carbocycles. The Morgan fingerprint density at radius 1 is 0.833 bits per heavy atom. The van der Waals surface area contributed by atoms with Crippen LogP contribution in [-0.4, -0.2) is 13.5 Å². The Balaban J connectivity index is 1.94. The van der Waals surface area contributed by atoms with Crippen molar-refractivity contribution in [2.45, 2.75) is 6.16 Å². The maximum Gasteiger partial charge on any atom is 0.213 e. The minimum absolute atomic E-state index is 0.470. The molecule has 24 heavy (non-hydrogen) atoms. The van der Waals surface area contributed by atoms with Gasteiger partial charge in [0.2, 0.25) is 6.41 Å². The highest BCUT2D eigenvalue weighted by atomic mass is 31.1. The molecular weight excluding hydrogens is 313 g/mol. The van der Waals surface area contributed by atoms with Crippen molar-refractivity contribution in [3.05, 3.63) is 90.5 Å². The van der Waals surface area contributed by atoms with Gasteiger partial charge in [0.05, 0.1) is 0 Å². The van der Waals surface area contributed by atoms with E-state index in [2.05, 4.69) is 72.8 Å². The lowest BCUT2D eigenvalue weighted by Gasteiger charge is -2.20. The number of hydrogen-bond donors (Lipinski definition) is 0. The molecule has 0 N–H and O–H groups in total. The van der Waals surface area contributed by atoms with Crippen LogP contribution in [0.2, 0.25) is 0 Å². The number of carbonyl (C=O) groups excluding carboxylic acids is 1. The van der Waals surface area contributed by atoms with E-state index in [1.165, 1.54) is 16.2 Å². The molecule has 0 radical (unpaired) electrons. The molecule has 1 amide bonds. The summed E-state index contributed by atoms with van der Waals surface area (Å²) in [6, 6.07) is 29.6. The molecule has 0 fully saturated rings. The first-order valence-electron chi connectivity index (χ1n) is 7.92. The summed E-state index contributed by atoms with van der Waals surface area (Å²) in [6.07, 6.45) is 1.81. The molecule has 3 aromatic rings. The van der Waals surface area contributed by atoms with Gasteiger partial charge in [-0.15, -0.1) is 0 Å². The molecule has 120 valence electrons. The van der Waals surface area contributed by atoms with E-state index in [9.17, 15) is 4.79 Å². The van der Waals surface area contributed by atoms with Gasteiger partial charge in [0.15, 0.2) is 0 Å². The van der Waals surface area contributed by atoms with E-state index in [4.69, 9.17) is 0 Å². The standard InChI is InChI=1S/C21H20NOP/c1-22(17-23)19-10-8-9-18(15-19)16-24(20-11-4-2-5-12-20)21-13-6-3-7-14-21/h2-15,17H,16H2,1H3. The fourth-order valence-corrected chi connectivity index (χ4v) is 4.95. The van der Waals surface area contributed by atoms with Crippen molar-refractivity contribution < 1.29 is 4.79 Å². The molecule has 0 aromatic heterocycles. The van der Waals surface area contributed by atoms with Crippen molar-refractivity contribution in [1.82, 2.24) is 0 Å². The molecule has 2 nitrogen and oxygen atoms in total. The molecule has 3 rings (SSSR count). The second-order valence-electron chi connectivity index (χ2n) is 5.64. The van der Waals surface area contributed by atoms with Crippen LogP contribution in [0.4, 0.5) is 5.69 Å². The van der Waals surface area contributed by atoms with Gasteiger partial charge < -0.3 is 4.90 Å². The predicted molar refractivity (Wildman–Crippen MR) is 104 cm³/mol. The number of anilines is 1. The van der Waals surface area contributed by atoms with Crippen molar-refractivity contribution in [2.75, 3.05) is 11.9 Å². The van der Waals surface area contributed by atoms with Crippen LogP contribution in [0.15, 0.2) is 84.9 Å². The van der Waals surface area contributed by atoms with E-state index in [1.54, 1.807) is 11.9 Å². The van der Waals surface area contributed by atoms with Crippen LogP contribution in [0.25, 0.3) is 0 Å². The van der Waals surface area contributed by atoms with Crippen LogP contribution in [-0.2, 0) is 11.0 Å². The fourth-order valence-electron chi connectivity index (χ4n) is 2.67. The van der Waals surface area contributed by atoms with Gasteiger partial charge in [0.1, 0.15) is 0 Å². The van der Waals surface area contributed by atoms with Crippen molar-refractivity contribution in [3.8, 4) is 0 Å². The predicted octanol–water partition coefficient (Wildman–Crippen LogP) is 3.91. The lowest BCUT2D eigenvalue weighted by Crippen LogP contribution is -2.15. The first kappa shape index (κ1) is 16.4. The minimum Gasteiger partial charge on any atom is -0.318 e. The van der Waals surface area contributed by atoms with Gasteiger partial charge in [-0.3, -0.25) is 4.79 Å². The zero-order valence-electron chi connectivity index (χ0n) is 13.7. The molecule has 0 atom stereocenters. The molecule has 0 saturated heterocycles. The smallest absolute Gasteiger partial charge is 0.213 e. The zero-order valence-corrected chi connectivity index (χ0v) is 14.6. The normalized spacial score (nSPS) is 10.6. The lowest BCUT2D eigenvalue weighted by atomic mass is 10.2. The van der Waals surface area contributed by atoms with Gasteiger partial charge in [0.25, 0.3) is 0 Å². The Hall–Kier alpha value is -2.44. The lowest BCUT2D eigenvalue weighted by molar-refractivity contribution is -0.107. The number of nitrogens with zero attached hydrogens (tertiary/aromatic N) is 1. The van der Waals surface area contributed by atoms with Crippen LogP contribution >= 0.6 is 7.92 Å². The van der Waals surface area contributed by atoms with E-state index in [0.29, 0.717) is 0 Å². The molecule has 3 heteroatoms. The number of amides is 1. The summed E-state index contributed by atoms with van der Waals surface area (Å²) in [7, 11) is 1.31. The molecule has 0 saturated carbocycles. The summed E-state index contributed by atoms with van der Waals surface area (Å²) in [5.74, 6) is 0. The molecule has 0 aliphatic carbocycles. The Morgan fingerprint density at radius 2 is 1.42 bits per heavy atom. The largest absolute Gasteiger partial charge is 0.318 e. The van der Waals surface area contributed by atoms with Gasteiger partial charge >= 0.3 is 0 Å². The second kappa shape index (κ2) is 7.90. The highest BCUT2D eigenvalue weighted by Crippen LogP contribution is 2.38. The van der Waals surface area contributed by atoms with Gasteiger partial charge in [-0.05, 0) is 36.2 Å². The summed E-state index contributed by atoms with van der Waals surface area (Å²) >= 11 is 0. The van der Waals surface area contributed by atoms with Crippen LogP contribution in [0, 0.1) is 0 Å². The Labute approximate surface area is 144 Å². The summed E-state index contributed by atoms with van der Waals surface area (Å²) < 4.78 is 0. The van der Waals surface area contributed by atoms with Crippen molar-refractivity contribution in [1.29, 1.82) is 0 Å². The zero-order chi connectivity index (χ0) is 16.8. The third-order valence-corrected chi connectivity index (χ3v) is 6.48. The second-order valence-corrected chi connectivity index (χ2v) is 7.85. The minimum atomic E-state index is -0.470. The summed E-state index contributed by atoms with van der Waals surface area (Å²) in [5.41, 5.74) is 2.18. The molecular formula is C21H20NOP. The molecule has 0 bridgehead atoms. The van der Waals surface area contributed by atoms with Gasteiger partial charge in [0, 0.05) is 18.9 Å².